The minimum absolute atomic E-state index is 0.277. The van der Waals surface area contributed by atoms with Crippen molar-refractivity contribution >= 4 is 5.82 Å². The highest BCUT2D eigenvalue weighted by Gasteiger charge is 2.30. The number of hydrogen-bond donors (Lipinski definition) is 1. The Morgan fingerprint density at radius 1 is 1.13 bits per heavy atom. The third-order valence-corrected chi connectivity index (χ3v) is 4.15. The van der Waals surface area contributed by atoms with E-state index in [1.165, 1.54) is 17.7 Å². The largest absolute Gasteiger partial charge is 0.416 e. The molecule has 6 heteroatoms. The third kappa shape index (κ3) is 3.07. The van der Waals surface area contributed by atoms with E-state index in [1.807, 2.05) is 0 Å². The van der Waals surface area contributed by atoms with Gasteiger partial charge in [-0.2, -0.15) is 18.3 Å². The summed E-state index contributed by atoms with van der Waals surface area (Å²) in [5.74, 6) is 1.20. The van der Waals surface area contributed by atoms with Crippen LogP contribution in [0.3, 0.4) is 0 Å². The maximum Gasteiger partial charge on any atom is 0.416 e. The molecule has 1 N–H and O–H groups in total. The van der Waals surface area contributed by atoms with E-state index in [9.17, 15) is 13.2 Å². The fraction of sp³-hybridized carbons (Fsp3) is 0.471. The molecule has 0 bridgehead atoms. The second-order valence-electron chi connectivity index (χ2n) is 6.21. The minimum Gasteiger partial charge on any atom is -0.370 e. The first-order valence-corrected chi connectivity index (χ1v) is 7.91. The zero-order chi connectivity index (χ0) is 16.6. The number of rotatable bonds is 2. The molecule has 0 aliphatic carbocycles. The summed E-state index contributed by atoms with van der Waals surface area (Å²) >= 11 is 0. The average molecular weight is 323 g/mol. The highest BCUT2D eigenvalue weighted by atomic mass is 19.4. The molecule has 23 heavy (non-hydrogen) atoms. The molecule has 124 valence electrons. The number of nitrogens with one attached hydrogen (secondary N) is 1. The molecule has 0 fully saturated rings. The lowest BCUT2D eigenvalue weighted by molar-refractivity contribution is -0.137. The zero-order valence-electron chi connectivity index (χ0n) is 13.2. The Hall–Kier alpha value is -1.98. The van der Waals surface area contributed by atoms with E-state index >= 15 is 0 Å². The molecule has 0 unspecified atom stereocenters. The predicted molar refractivity (Wildman–Crippen MR) is 84.1 cm³/mol. The van der Waals surface area contributed by atoms with Crippen LogP contribution in [0.25, 0.3) is 5.69 Å². The van der Waals surface area contributed by atoms with Gasteiger partial charge in [0.2, 0.25) is 0 Å². The number of anilines is 1. The van der Waals surface area contributed by atoms with Crippen LogP contribution in [0.4, 0.5) is 19.0 Å². The standard InChI is InChI=1S/C17H20F3N3/c1-11(2)15-14-5-3-4-10-21-16(14)23(22-15)13-8-6-12(7-9-13)17(18,19)20/h6-9,11,21H,3-5,10H2,1-2H3. The molecule has 3 nitrogen and oxygen atoms in total. The van der Waals surface area contributed by atoms with E-state index in [2.05, 4.69) is 24.3 Å². The van der Waals surface area contributed by atoms with Crippen molar-refractivity contribution in [3.8, 4) is 5.69 Å². The number of hydrogen-bond acceptors (Lipinski definition) is 2. The molecule has 1 aromatic heterocycles. The van der Waals surface area contributed by atoms with Gasteiger partial charge in [-0.1, -0.05) is 13.8 Å². The molecule has 0 amide bonds. The first-order chi connectivity index (χ1) is 10.9. The van der Waals surface area contributed by atoms with Crippen molar-refractivity contribution < 1.29 is 13.2 Å². The lowest BCUT2D eigenvalue weighted by Crippen LogP contribution is -2.08. The molecule has 0 radical (unpaired) electrons. The Bertz CT molecular complexity index is 684. The molecular formula is C17H20F3N3. The summed E-state index contributed by atoms with van der Waals surface area (Å²) in [7, 11) is 0. The van der Waals surface area contributed by atoms with Crippen LogP contribution in [0, 0.1) is 0 Å². The summed E-state index contributed by atoms with van der Waals surface area (Å²) < 4.78 is 39.9. The van der Waals surface area contributed by atoms with Gasteiger partial charge in [0.05, 0.1) is 16.9 Å². The van der Waals surface area contributed by atoms with Crippen LogP contribution >= 0.6 is 0 Å². The van der Waals surface area contributed by atoms with Gasteiger partial charge in [0.25, 0.3) is 0 Å². The maximum absolute atomic E-state index is 12.7. The van der Waals surface area contributed by atoms with Crippen LogP contribution in [0.5, 0.6) is 0 Å². The normalized spacial score (nSPS) is 15.2. The van der Waals surface area contributed by atoms with Crippen LogP contribution in [-0.2, 0) is 12.6 Å². The molecule has 1 aliphatic rings. The van der Waals surface area contributed by atoms with Gasteiger partial charge in [0, 0.05) is 12.1 Å². The Labute approximate surface area is 133 Å². The molecule has 0 spiro atoms. The summed E-state index contributed by atoms with van der Waals surface area (Å²) in [6.07, 6.45) is -1.19. The molecule has 2 heterocycles. The first-order valence-electron chi connectivity index (χ1n) is 7.91. The van der Waals surface area contributed by atoms with Crippen LogP contribution in [-0.4, -0.2) is 16.3 Å². The molecule has 0 saturated carbocycles. The van der Waals surface area contributed by atoms with Gasteiger partial charge < -0.3 is 5.32 Å². The van der Waals surface area contributed by atoms with Crippen LogP contribution < -0.4 is 5.32 Å². The van der Waals surface area contributed by atoms with Gasteiger partial charge in [0.15, 0.2) is 0 Å². The van der Waals surface area contributed by atoms with E-state index in [-0.39, 0.29) is 5.92 Å². The number of alkyl halides is 3. The number of benzene rings is 1. The molecule has 0 atom stereocenters. The van der Waals surface area contributed by atoms with Crippen LogP contribution in [0.2, 0.25) is 0 Å². The fourth-order valence-corrected chi connectivity index (χ4v) is 2.97. The topological polar surface area (TPSA) is 29.9 Å². The minimum atomic E-state index is -4.32. The number of halogens is 3. The van der Waals surface area contributed by atoms with E-state index in [1.54, 1.807) is 4.68 Å². The summed E-state index contributed by atoms with van der Waals surface area (Å²) in [5.41, 5.74) is 2.22. The highest BCUT2D eigenvalue weighted by Crippen LogP contribution is 2.33. The predicted octanol–water partition coefficient (Wildman–Crippen LogP) is 4.76. The molecule has 1 aliphatic heterocycles. The van der Waals surface area contributed by atoms with Crippen molar-refractivity contribution in [1.29, 1.82) is 0 Å². The van der Waals surface area contributed by atoms with E-state index in [0.29, 0.717) is 5.69 Å². The fourth-order valence-electron chi connectivity index (χ4n) is 2.97. The van der Waals surface area contributed by atoms with E-state index in [0.717, 1.165) is 49.5 Å². The van der Waals surface area contributed by atoms with Gasteiger partial charge in [0.1, 0.15) is 5.82 Å². The molecule has 3 rings (SSSR count). The quantitative estimate of drug-likeness (QED) is 0.863. The Balaban J connectivity index is 2.06. The Kier molecular flexibility index (Phi) is 4.08. The SMILES string of the molecule is CC(C)c1nn(-c2ccc(C(F)(F)F)cc2)c2c1CCCCN2. The molecule has 0 saturated heterocycles. The lowest BCUT2D eigenvalue weighted by Gasteiger charge is -2.11. The van der Waals surface area contributed by atoms with Gasteiger partial charge in [-0.25, -0.2) is 4.68 Å². The van der Waals surface area contributed by atoms with Crippen molar-refractivity contribution in [3.05, 3.63) is 41.1 Å². The first kappa shape index (κ1) is 15.9. The summed E-state index contributed by atoms with van der Waals surface area (Å²) in [6, 6.07) is 5.17. The second kappa shape index (κ2) is 5.91. The van der Waals surface area contributed by atoms with Crippen molar-refractivity contribution in [3.63, 3.8) is 0 Å². The number of aromatic nitrogens is 2. The molecule has 2 aromatic rings. The van der Waals surface area contributed by atoms with Gasteiger partial charge in [-0.15, -0.1) is 0 Å². The highest BCUT2D eigenvalue weighted by molar-refractivity contribution is 5.55. The third-order valence-electron chi connectivity index (χ3n) is 4.15. The van der Waals surface area contributed by atoms with Crippen LogP contribution in [0.15, 0.2) is 24.3 Å². The van der Waals surface area contributed by atoms with Gasteiger partial charge in [-0.3, -0.25) is 0 Å². The van der Waals surface area contributed by atoms with Gasteiger partial charge >= 0.3 is 6.18 Å². The van der Waals surface area contributed by atoms with Crippen molar-refractivity contribution in [2.75, 3.05) is 11.9 Å². The monoisotopic (exact) mass is 323 g/mol. The van der Waals surface area contributed by atoms with Crippen molar-refractivity contribution in [1.82, 2.24) is 9.78 Å². The smallest absolute Gasteiger partial charge is 0.370 e. The van der Waals surface area contributed by atoms with E-state index in [4.69, 9.17) is 0 Å². The number of nitrogens with zero attached hydrogens (tertiary/aromatic N) is 2. The molecule has 1 aromatic carbocycles. The maximum atomic E-state index is 12.7. The Morgan fingerprint density at radius 2 is 1.83 bits per heavy atom. The van der Waals surface area contributed by atoms with Crippen molar-refractivity contribution in [2.24, 2.45) is 0 Å². The van der Waals surface area contributed by atoms with Crippen LogP contribution in [0.1, 0.15) is 49.4 Å². The Morgan fingerprint density at radius 3 is 2.43 bits per heavy atom. The number of fused-ring (bicyclic) bond motifs is 1. The summed E-state index contributed by atoms with van der Waals surface area (Å²) in [4.78, 5) is 0. The van der Waals surface area contributed by atoms with E-state index < -0.39 is 11.7 Å². The van der Waals surface area contributed by atoms with Gasteiger partial charge in [-0.05, 0) is 49.4 Å². The zero-order valence-corrected chi connectivity index (χ0v) is 13.2. The average Bonchev–Trinajstić information content (AvgIpc) is 2.69. The lowest BCUT2D eigenvalue weighted by atomic mass is 10.0. The van der Waals surface area contributed by atoms with Crippen molar-refractivity contribution in [2.45, 2.75) is 45.2 Å². The molecular weight excluding hydrogens is 303 g/mol. The second-order valence-corrected chi connectivity index (χ2v) is 6.21. The summed E-state index contributed by atoms with van der Waals surface area (Å²) in [5, 5.41) is 8.06. The summed E-state index contributed by atoms with van der Waals surface area (Å²) in [6.45, 7) is 5.03.